The van der Waals surface area contributed by atoms with Crippen molar-refractivity contribution in [3.05, 3.63) is 29.3 Å². The van der Waals surface area contributed by atoms with Crippen LogP contribution in [0.25, 0.3) is 6.08 Å². The minimum Gasteiger partial charge on any atom is -0.493 e. The van der Waals surface area contributed by atoms with Crippen molar-refractivity contribution in [3.63, 3.8) is 0 Å². The van der Waals surface area contributed by atoms with Gasteiger partial charge in [-0.1, -0.05) is 6.07 Å². The van der Waals surface area contributed by atoms with Crippen molar-refractivity contribution in [1.29, 1.82) is 5.26 Å². The molecule has 0 spiro atoms. The maximum absolute atomic E-state index is 12.3. The van der Waals surface area contributed by atoms with Gasteiger partial charge in [0.2, 0.25) is 0 Å². The van der Waals surface area contributed by atoms with Gasteiger partial charge in [-0.2, -0.15) is 5.26 Å². The second-order valence-corrected chi connectivity index (χ2v) is 7.21. The van der Waals surface area contributed by atoms with Crippen LogP contribution in [0, 0.1) is 11.3 Å². The predicted molar refractivity (Wildman–Crippen MR) is 111 cm³/mol. The molecule has 3 rings (SSSR count). The number of rotatable bonds is 8. The van der Waals surface area contributed by atoms with Gasteiger partial charge in [0.1, 0.15) is 11.6 Å². The van der Waals surface area contributed by atoms with E-state index in [9.17, 15) is 14.9 Å². The van der Waals surface area contributed by atoms with Crippen LogP contribution in [0.5, 0.6) is 11.5 Å². The van der Waals surface area contributed by atoms with E-state index < -0.39 is 5.91 Å². The van der Waals surface area contributed by atoms with E-state index in [-0.39, 0.29) is 24.2 Å². The number of ether oxygens (including phenoxy) is 4. The number of morpholine rings is 1. The molecule has 2 aliphatic heterocycles. The fraction of sp³-hybridized carbons (Fsp3) is 0.500. The summed E-state index contributed by atoms with van der Waals surface area (Å²) in [5.41, 5.74) is 0.587. The first kappa shape index (κ1) is 22.6. The van der Waals surface area contributed by atoms with Gasteiger partial charge in [-0.3, -0.25) is 9.59 Å². The number of hydrogen-bond acceptors (Lipinski definition) is 7. The normalized spacial score (nSPS) is 18.9. The van der Waals surface area contributed by atoms with E-state index in [1.807, 2.05) is 6.07 Å². The van der Waals surface area contributed by atoms with Gasteiger partial charge in [0.15, 0.2) is 18.1 Å². The molecule has 0 aromatic heterocycles. The van der Waals surface area contributed by atoms with Crippen LogP contribution >= 0.6 is 0 Å². The van der Waals surface area contributed by atoms with Crippen LogP contribution in [0.3, 0.4) is 0 Å². The molecule has 166 valence electrons. The van der Waals surface area contributed by atoms with E-state index >= 15 is 0 Å². The molecule has 1 aromatic rings. The van der Waals surface area contributed by atoms with Gasteiger partial charge in [0, 0.05) is 26.2 Å². The molecule has 9 heteroatoms. The molecular formula is C22H27N3O6. The largest absolute Gasteiger partial charge is 0.493 e. The monoisotopic (exact) mass is 429 g/mol. The standard InChI is InChI=1S/C22H27N3O6/c1-28-20-12-16(11-17(13-23)22(27)24-14-18-3-2-8-30-18)4-5-19(20)31-15-21(26)25-6-9-29-10-7-25/h4-5,11-12,18H,2-3,6-10,14-15H2,1H3,(H,24,27)/b17-11+/t18-/m1/s1. The molecule has 31 heavy (non-hydrogen) atoms. The van der Waals surface area contributed by atoms with E-state index in [0.29, 0.717) is 56.5 Å². The zero-order valence-corrected chi connectivity index (χ0v) is 17.6. The molecular weight excluding hydrogens is 402 g/mol. The Hall–Kier alpha value is -3.09. The summed E-state index contributed by atoms with van der Waals surface area (Å²) in [6.45, 7) is 3.13. The van der Waals surface area contributed by atoms with Crippen molar-refractivity contribution in [1.82, 2.24) is 10.2 Å². The Morgan fingerprint density at radius 3 is 2.77 bits per heavy atom. The maximum atomic E-state index is 12.3. The van der Waals surface area contributed by atoms with Gasteiger partial charge in [-0.05, 0) is 36.6 Å². The summed E-state index contributed by atoms with van der Waals surface area (Å²) < 4.78 is 21.7. The Kier molecular flexibility index (Phi) is 8.27. The molecule has 0 saturated carbocycles. The summed E-state index contributed by atoms with van der Waals surface area (Å²) in [4.78, 5) is 26.3. The van der Waals surface area contributed by atoms with Crippen molar-refractivity contribution in [2.75, 3.05) is 53.2 Å². The summed E-state index contributed by atoms with van der Waals surface area (Å²) in [6, 6.07) is 6.93. The van der Waals surface area contributed by atoms with Crippen LogP contribution < -0.4 is 14.8 Å². The van der Waals surface area contributed by atoms with Crippen LogP contribution in [-0.4, -0.2) is 76.0 Å². The molecule has 0 unspecified atom stereocenters. The Bertz CT molecular complexity index is 851. The minimum absolute atomic E-state index is 0.000548. The lowest BCUT2D eigenvalue weighted by Gasteiger charge is -2.26. The molecule has 2 amide bonds. The van der Waals surface area contributed by atoms with Gasteiger partial charge in [-0.15, -0.1) is 0 Å². The topological polar surface area (TPSA) is 110 Å². The quantitative estimate of drug-likeness (QED) is 0.487. The van der Waals surface area contributed by atoms with Gasteiger partial charge in [-0.25, -0.2) is 0 Å². The second kappa shape index (κ2) is 11.3. The van der Waals surface area contributed by atoms with E-state index in [1.54, 1.807) is 23.1 Å². The Balaban J connectivity index is 1.61. The number of carbonyl (C=O) groups excluding carboxylic acids is 2. The average molecular weight is 429 g/mol. The lowest BCUT2D eigenvalue weighted by Crippen LogP contribution is -2.43. The van der Waals surface area contributed by atoms with Gasteiger partial charge < -0.3 is 29.2 Å². The lowest BCUT2D eigenvalue weighted by molar-refractivity contribution is -0.137. The summed E-state index contributed by atoms with van der Waals surface area (Å²) in [7, 11) is 1.49. The van der Waals surface area contributed by atoms with Crippen LogP contribution in [0.1, 0.15) is 18.4 Å². The van der Waals surface area contributed by atoms with Crippen molar-refractivity contribution in [2.45, 2.75) is 18.9 Å². The van der Waals surface area contributed by atoms with E-state index in [1.165, 1.54) is 13.2 Å². The van der Waals surface area contributed by atoms with Gasteiger partial charge in [0.25, 0.3) is 11.8 Å². The number of amides is 2. The fourth-order valence-electron chi connectivity index (χ4n) is 3.36. The summed E-state index contributed by atoms with van der Waals surface area (Å²) in [6.07, 6.45) is 3.36. The number of hydrogen-bond donors (Lipinski definition) is 1. The molecule has 1 aromatic carbocycles. The number of methoxy groups -OCH3 is 1. The average Bonchev–Trinajstić information content (AvgIpc) is 3.34. The summed E-state index contributed by atoms with van der Waals surface area (Å²) in [5, 5.41) is 12.1. The number of nitrogens with zero attached hydrogens (tertiary/aromatic N) is 2. The van der Waals surface area contributed by atoms with Crippen molar-refractivity contribution >= 4 is 17.9 Å². The first-order valence-electron chi connectivity index (χ1n) is 10.3. The Morgan fingerprint density at radius 1 is 1.29 bits per heavy atom. The second-order valence-electron chi connectivity index (χ2n) is 7.21. The molecule has 0 bridgehead atoms. The fourth-order valence-corrected chi connectivity index (χ4v) is 3.36. The zero-order chi connectivity index (χ0) is 22.1. The Morgan fingerprint density at radius 2 is 2.10 bits per heavy atom. The summed E-state index contributed by atoms with van der Waals surface area (Å²) in [5.74, 6) is 0.237. The van der Waals surface area contributed by atoms with Crippen LogP contribution in [0.4, 0.5) is 0 Å². The highest BCUT2D eigenvalue weighted by atomic mass is 16.5. The number of benzene rings is 1. The highest BCUT2D eigenvalue weighted by molar-refractivity contribution is 6.01. The maximum Gasteiger partial charge on any atom is 0.262 e. The molecule has 9 nitrogen and oxygen atoms in total. The van der Waals surface area contributed by atoms with Crippen molar-refractivity contribution < 1.29 is 28.5 Å². The van der Waals surface area contributed by atoms with E-state index in [0.717, 1.165) is 12.8 Å². The highest BCUT2D eigenvalue weighted by Crippen LogP contribution is 2.29. The Labute approximate surface area is 181 Å². The molecule has 2 saturated heterocycles. The molecule has 1 N–H and O–H groups in total. The molecule has 2 heterocycles. The van der Waals surface area contributed by atoms with E-state index in [4.69, 9.17) is 18.9 Å². The molecule has 1 atom stereocenters. The molecule has 0 aliphatic carbocycles. The lowest BCUT2D eigenvalue weighted by atomic mass is 10.1. The molecule has 2 fully saturated rings. The first-order chi connectivity index (χ1) is 15.1. The zero-order valence-electron chi connectivity index (χ0n) is 17.6. The number of nitriles is 1. The van der Waals surface area contributed by atoms with Gasteiger partial charge >= 0.3 is 0 Å². The molecule has 0 radical (unpaired) electrons. The van der Waals surface area contributed by atoms with Crippen LogP contribution in [0.2, 0.25) is 0 Å². The SMILES string of the molecule is COc1cc(/C=C(\C#N)C(=O)NC[C@H]2CCCO2)ccc1OCC(=O)N1CCOCC1. The van der Waals surface area contributed by atoms with Crippen LogP contribution in [0.15, 0.2) is 23.8 Å². The van der Waals surface area contributed by atoms with E-state index in [2.05, 4.69) is 5.32 Å². The van der Waals surface area contributed by atoms with Crippen molar-refractivity contribution in [2.24, 2.45) is 0 Å². The van der Waals surface area contributed by atoms with Gasteiger partial charge in [0.05, 0.1) is 26.4 Å². The predicted octanol–water partition coefficient (Wildman–Crippen LogP) is 1.13. The number of nitrogens with one attached hydrogen (secondary N) is 1. The summed E-state index contributed by atoms with van der Waals surface area (Å²) >= 11 is 0. The highest BCUT2D eigenvalue weighted by Gasteiger charge is 2.19. The molecule has 2 aliphatic rings. The minimum atomic E-state index is -0.451. The third kappa shape index (κ3) is 6.44. The smallest absolute Gasteiger partial charge is 0.262 e. The third-order valence-corrected chi connectivity index (χ3v) is 5.09. The van der Waals surface area contributed by atoms with Crippen LogP contribution in [-0.2, 0) is 19.1 Å². The number of carbonyl (C=O) groups is 2. The van der Waals surface area contributed by atoms with Crippen molar-refractivity contribution in [3.8, 4) is 17.6 Å². The first-order valence-corrected chi connectivity index (χ1v) is 10.3. The third-order valence-electron chi connectivity index (χ3n) is 5.09.